The van der Waals surface area contributed by atoms with Gasteiger partial charge in [0.05, 0.1) is 6.54 Å². The van der Waals surface area contributed by atoms with Crippen LogP contribution in [0, 0.1) is 0 Å². The van der Waals surface area contributed by atoms with Crippen molar-refractivity contribution < 1.29 is 17.7 Å². The second kappa shape index (κ2) is 4.40. The Morgan fingerprint density at radius 3 is 2.53 bits per heavy atom. The zero-order valence-electron chi connectivity index (χ0n) is 8.40. The molecule has 0 atom stereocenters. The third kappa shape index (κ3) is 2.92. The first-order chi connectivity index (χ1) is 8.05. The summed E-state index contributed by atoms with van der Waals surface area (Å²) >= 11 is 0. The molecule has 8 heteroatoms. The standard InChI is InChI=1S/C9H7F3N4O/c10-9(11,12)7-1-2-8(15-14-7)13-5-6-3-4-17-16-6/h1-4H,5H2,(H,13,15). The highest BCUT2D eigenvalue weighted by Gasteiger charge is 2.32. The zero-order valence-corrected chi connectivity index (χ0v) is 8.40. The second-order valence-electron chi connectivity index (χ2n) is 3.15. The van der Waals surface area contributed by atoms with Crippen molar-refractivity contribution in [3.8, 4) is 0 Å². The van der Waals surface area contributed by atoms with E-state index in [2.05, 4.69) is 25.2 Å². The Morgan fingerprint density at radius 2 is 2.00 bits per heavy atom. The first-order valence-corrected chi connectivity index (χ1v) is 4.60. The number of hydrogen-bond acceptors (Lipinski definition) is 5. The van der Waals surface area contributed by atoms with Gasteiger partial charge in [-0.15, -0.1) is 10.2 Å². The Hall–Kier alpha value is -2.12. The number of anilines is 1. The van der Waals surface area contributed by atoms with Crippen LogP contribution in [0.2, 0.25) is 0 Å². The van der Waals surface area contributed by atoms with E-state index < -0.39 is 11.9 Å². The predicted octanol–water partition coefficient (Wildman–Crippen LogP) is 2.10. The summed E-state index contributed by atoms with van der Waals surface area (Å²) < 4.78 is 41.1. The largest absolute Gasteiger partial charge is 0.435 e. The molecule has 0 aliphatic rings. The topological polar surface area (TPSA) is 63.8 Å². The summed E-state index contributed by atoms with van der Waals surface area (Å²) in [6, 6.07) is 3.69. The molecule has 0 radical (unpaired) electrons. The van der Waals surface area contributed by atoms with E-state index in [4.69, 9.17) is 0 Å². The number of rotatable bonds is 3. The minimum Gasteiger partial charge on any atom is -0.364 e. The lowest BCUT2D eigenvalue weighted by atomic mass is 10.3. The van der Waals surface area contributed by atoms with Crippen molar-refractivity contribution in [2.45, 2.75) is 12.7 Å². The van der Waals surface area contributed by atoms with Crippen molar-refractivity contribution in [3.05, 3.63) is 35.9 Å². The number of halogens is 3. The molecule has 0 saturated heterocycles. The van der Waals surface area contributed by atoms with Crippen LogP contribution >= 0.6 is 0 Å². The molecule has 0 unspecified atom stereocenters. The minimum atomic E-state index is -4.47. The van der Waals surface area contributed by atoms with E-state index in [1.165, 1.54) is 12.3 Å². The highest BCUT2D eigenvalue weighted by molar-refractivity contribution is 5.33. The van der Waals surface area contributed by atoms with E-state index in [1.807, 2.05) is 0 Å². The molecule has 0 aliphatic carbocycles. The summed E-state index contributed by atoms with van der Waals surface area (Å²) in [5, 5.41) is 12.9. The van der Waals surface area contributed by atoms with Crippen LogP contribution in [0.1, 0.15) is 11.4 Å². The van der Waals surface area contributed by atoms with E-state index in [1.54, 1.807) is 6.07 Å². The lowest BCUT2D eigenvalue weighted by Gasteiger charge is -2.06. The van der Waals surface area contributed by atoms with Gasteiger partial charge < -0.3 is 9.84 Å². The molecule has 5 nitrogen and oxygen atoms in total. The van der Waals surface area contributed by atoms with Crippen LogP contribution in [0.25, 0.3) is 0 Å². The SMILES string of the molecule is FC(F)(F)c1ccc(NCc2ccon2)nn1. The number of alkyl halides is 3. The summed E-state index contributed by atoms with van der Waals surface area (Å²) in [5.74, 6) is 0.237. The van der Waals surface area contributed by atoms with E-state index in [0.717, 1.165) is 6.07 Å². The Balaban J connectivity index is 1.99. The number of hydrogen-bond donors (Lipinski definition) is 1. The first-order valence-electron chi connectivity index (χ1n) is 4.60. The Bertz CT molecular complexity index is 466. The summed E-state index contributed by atoms with van der Waals surface area (Å²) in [4.78, 5) is 0. The molecule has 2 aromatic rings. The monoisotopic (exact) mass is 244 g/mol. The van der Waals surface area contributed by atoms with Gasteiger partial charge in [-0.25, -0.2) is 0 Å². The maximum absolute atomic E-state index is 12.2. The molecule has 0 fully saturated rings. The molecule has 90 valence electrons. The number of nitrogens with one attached hydrogen (secondary N) is 1. The number of nitrogens with zero attached hydrogens (tertiary/aromatic N) is 3. The van der Waals surface area contributed by atoms with Gasteiger partial charge in [0.25, 0.3) is 0 Å². The van der Waals surface area contributed by atoms with Crippen LogP contribution in [0.4, 0.5) is 19.0 Å². The predicted molar refractivity (Wildman–Crippen MR) is 50.9 cm³/mol. The van der Waals surface area contributed by atoms with E-state index in [-0.39, 0.29) is 5.82 Å². The van der Waals surface area contributed by atoms with Crippen LogP contribution in [0.5, 0.6) is 0 Å². The van der Waals surface area contributed by atoms with Crippen LogP contribution in [-0.2, 0) is 12.7 Å². The lowest BCUT2D eigenvalue weighted by molar-refractivity contribution is -0.141. The van der Waals surface area contributed by atoms with Crippen molar-refractivity contribution in [1.29, 1.82) is 0 Å². The van der Waals surface area contributed by atoms with Crippen molar-refractivity contribution in [1.82, 2.24) is 15.4 Å². The molecule has 0 spiro atoms. The molecule has 0 saturated carbocycles. The molecule has 2 rings (SSSR count). The normalized spacial score (nSPS) is 11.5. The van der Waals surface area contributed by atoms with Crippen LogP contribution in [0.15, 0.2) is 29.0 Å². The van der Waals surface area contributed by atoms with E-state index >= 15 is 0 Å². The minimum absolute atomic E-state index is 0.237. The fraction of sp³-hybridized carbons (Fsp3) is 0.222. The van der Waals surface area contributed by atoms with Crippen molar-refractivity contribution in [3.63, 3.8) is 0 Å². The molecule has 17 heavy (non-hydrogen) atoms. The van der Waals surface area contributed by atoms with Gasteiger partial charge in [0.15, 0.2) is 5.69 Å². The fourth-order valence-electron chi connectivity index (χ4n) is 1.09. The summed E-state index contributed by atoms with van der Waals surface area (Å²) in [7, 11) is 0. The highest BCUT2D eigenvalue weighted by atomic mass is 19.4. The van der Waals surface area contributed by atoms with Gasteiger partial charge in [-0.05, 0) is 12.1 Å². The Labute approximate surface area is 93.6 Å². The maximum atomic E-state index is 12.2. The third-order valence-corrected chi connectivity index (χ3v) is 1.90. The Kier molecular flexibility index (Phi) is 2.94. The molecule has 2 heterocycles. The van der Waals surface area contributed by atoms with Gasteiger partial charge >= 0.3 is 6.18 Å². The fourth-order valence-corrected chi connectivity index (χ4v) is 1.09. The van der Waals surface area contributed by atoms with Crippen LogP contribution in [-0.4, -0.2) is 15.4 Å². The van der Waals surface area contributed by atoms with Gasteiger partial charge in [-0.1, -0.05) is 5.16 Å². The zero-order chi connectivity index (χ0) is 12.3. The summed E-state index contributed by atoms with van der Waals surface area (Å²) in [5.41, 5.74) is -0.406. The summed E-state index contributed by atoms with van der Waals surface area (Å²) in [6.07, 6.45) is -3.08. The Morgan fingerprint density at radius 1 is 1.18 bits per heavy atom. The molecule has 0 aliphatic heterocycles. The average molecular weight is 244 g/mol. The third-order valence-electron chi connectivity index (χ3n) is 1.90. The molecule has 1 N–H and O–H groups in total. The lowest BCUT2D eigenvalue weighted by Crippen LogP contribution is -2.10. The second-order valence-corrected chi connectivity index (χ2v) is 3.15. The quantitative estimate of drug-likeness (QED) is 0.895. The summed E-state index contributed by atoms with van der Waals surface area (Å²) in [6.45, 7) is 0.302. The van der Waals surface area contributed by atoms with E-state index in [0.29, 0.717) is 12.2 Å². The van der Waals surface area contributed by atoms with Crippen molar-refractivity contribution in [2.24, 2.45) is 0 Å². The highest BCUT2D eigenvalue weighted by Crippen LogP contribution is 2.27. The molecule has 0 amide bonds. The average Bonchev–Trinajstić information content (AvgIpc) is 2.78. The van der Waals surface area contributed by atoms with E-state index in [9.17, 15) is 13.2 Å². The number of aromatic nitrogens is 3. The van der Waals surface area contributed by atoms with Crippen LogP contribution < -0.4 is 5.32 Å². The molecule has 0 bridgehead atoms. The molecular weight excluding hydrogens is 237 g/mol. The van der Waals surface area contributed by atoms with Gasteiger partial charge in [0.2, 0.25) is 0 Å². The van der Waals surface area contributed by atoms with Gasteiger partial charge in [-0.3, -0.25) is 0 Å². The van der Waals surface area contributed by atoms with Gasteiger partial charge in [0.1, 0.15) is 17.8 Å². The van der Waals surface area contributed by atoms with Crippen molar-refractivity contribution in [2.75, 3.05) is 5.32 Å². The van der Waals surface area contributed by atoms with Crippen molar-refractivity contribution >= 4 is 5.82 Å². The van der Waals surface area contributed by atoms with Crippen LogP contribution in [0.3, 0.4) is 0 Å². The molecule has 2 aromatic heterocycles. The molecule has 0 aromatic carbocycles. The molecular formula is C9H7F3N4O. The maximum Gasteiger partial charge on any atom is 0.435 e. The first kappa shape index (κ1) is 11.4. The van der Waals surface area contributed by atoms with Gasteiger partial charge in [-0.2, -0.15) is 13.2 Å². The smallest absolute Gasteiger partial charge is 0.364 e. The van der Waals surface area contributed by atoms with Gasteiger partial charge in [0, 0.05) is 6.07 Å².